The summed E-state index contributed by atoms with van der Waals surface area (Å²) in [5.74, 6) is -1.44. The van der Waals surface area contributed by atoms with Crippen molar-refractivity contribution in [1.29, 1.82) is 0 Å². The highest BCUT2D eigenvalue weighted by molar-refractivity contribution is 7.16. The molecule has 0 aliphatic heterocycles. The Kier molecular flexibility index (Phi) is 4.75. The summed E-state index contributed by atoms with van der Waals surface area (Å²) < 4.78 is 2.50. The molecule has 0 saturated heterocycles. The van der Waals surface area contributed by atoms with Crippen LogP contribution in [0.15, 0.2) is 65.8 Å². The van der Waals surface area contributed by atoms with Crippen LogP contribution in [0.25, 0.3) is 21.0 Å². The van der Waals surface area contributed by atoms with Gasteiger partial charge in [0.05, 0.1) is 10.2 Å². The molecular weight excluding hydrogens is 374 g/mol. The molecule has 6 nitrogen and oxygen atoms in total. The van der Waals surface area contributed by atoms with Crippen LogP contribution in [0, 0.1) is 0 Å². The molecule has 0 spiro atoms. The Hall–Kier alpha value is -3.32. The topological polar surface area (TPSA) is 84.5 Å². The standard InChI is InChI=1S/C21H17N3O3S/c1-2-15(20(26)27)24-16-9-5-6-10-17(16)28-21(24)23-19(25)18-14-8-4-3-7-13(14)11-12-22-18/h3-12,15H,2H2,1H3,(H,26,27). The Labute approximate surface area is 164 Å². The van der Waals surface area contributed by atoms with Gasteiger partial charge in [-0.05, 0) is 30.0 Å². The molecule has 0 aliphatic carbocycles. The molecule has 4 aromatic rings. The molecule has 1 N–H and O–H groups in total. The molecule has 0 saturated carbocycles. The van der Waals surface area contributed by atoms with Gasteiger partial charge in [0.15, 0.2) is 4.80 Å². The molecule has 0 bridgehead atoms. The minimum atomic E-state index is -0.955. The van der Waals surface area contributed by atoms with Crippen molar-refractivity contribution < 1.29 is 14.7 Å². The van der Waals surface area contributed by atoms with E-state index in [-0.39, 0.29) is 5.69 Å². The van der Waals surface area contributed by atoms with Crippen LogP contribution in [0.3, 0.4) is 0 Å². The first kappa shape index (κ1) is 18.1. The Morgan fingerprint density at radius 3 is 2.68 bits per heavy atom. The third-order valence-electron chi connectivity index (χ3n) is 4.59. The minimum absolute atomic E-state index is 0.255. The quantitative estimate of drug-likeness (QED) is 0.569. The van der Waals surface area contributed by atoms with E-state index in [9.17, 15) is 14.7 Å². The zero-order valence-electron chi connectivity index (χ0n) is 15.1. The number of aromatic nitrogens is 2. The van der Waals surface area contributed by atoms with Crippen molar-refractivity contribution in [2.24, 2.45) is 4.99 Å². The maximum Gasteiger partial charge on any atom is 0.326 e. The van der Waals surface area contributed by atoms with Gasteiger partial charge in [-0.2, -0.15) is 4.99 Å². The number of aliphatic carboxylic acids is 1. The van der Waals surface area contributed by atoms with E-state index in [2.05, 4.69) is 9.98 Å². The number of hydrogen-bond acceptors (Lipinski definition) is 4. The van der Waals surface area contributed by atoms with Gasteiger partial charge in [0, 0.05) is 11.6 Å². The van der Waals surface area contributed by atoms with Crippen LogP contribution in [-0.2, 0) is 4.79 Å². The average molecular weight is 391 g/mol. The van der Waals surface area contributed by atoms with E-state index in [0.717, 1.165) is 21.0 Å². The number of carboxylic acid groups (broad SMARTS) is 1. The SMILES string of the molecule is CCC(C(=O)O)n1c(=NC(=O)c2nccc3ccccc23)sc2ccccc21. The first-order valence-corrected chi connectivity index (χ1v) is 9.67. The van der Waals surface area contributed by atoms with Gasteiger partial charge in [-0.3, -0.25) is 9.78 Å². The van der Waals surface area contributed by atoms with Crippen molar-refractivity contribution in [2.75, 3.05) is 0 Å². The molecule has 1 amide bonds. The summed E-state index contributed by atoms with van der Waals surface area (Å²) in [4.78, 5) is 33.6. The maximum absolute atomic E-state index is 13.0. The van der Waals surface area contributed by atoms with Gasteiger partial charge in [-0.15, -0.1) is 0 Å². The van der Waals surface area contributed by atoms with Crippen LogP contribution in [0.1, 0.15) is 29.9 Å². The van der Waals surface area contributed by atoms with E-state index in [1.165, 1.54) is 11.3 Å². The van der Waals surface area contributed by atoms with Crippen molar-refractivity contribution in [3.63, 3.8) is 0 Å². The van der Waals surface area contributed by atoms with E-state index < -0.39 is 17.9 Å². The van der Waals surface area contributed by atoms with E-state index >= 15 is 0 Å². The molecule has 2 heterocycles. The van der Waals surface area contributed by atoms with E-state index in [4.69, 9.17) is 0 Å². The van der Waals surface area contributed by atoms with Gasteiger partial charge in [-0.1, -0.05) is 54.7 Å². The number of benzene rings is 2. The molecule has 1 unspecified atom stereocenters. The van der Waals surface area contributed by atoms with Gasteiger partial charge in [0.1, 0.15) is 11.7 Å². The molecule has 7 heteroatoms. The highest BCUT2D eigenvalue weighted by Gasteiger charge is 2.22. The van der Waals surface area contributed by atoms with Gasteiger partial charge in [0.2, 0.25) is 0 Å². The normalized spacial score (nSPS) is 13.1. The molecule has 2 aromatic heterocycles. The van der Waals surface area contributed by atoms with Gasteiger partial charge < -0.3 is 9.67 Å². The summed E-state index contributed by atoms with van der Waals surface area (Å²) in [6.45, 7) is 1.80. The Bertz CT molecular complexity index is 1270. The smallest absolute Gasteiger partial charge is 0.326 e. The molecule has 0 fully saturated rings. The summed E-state index contributed by atoms with van der Waals surface area (Å²) in [7, 11) is 0. The fourth-order valence-electron chi connectivity index (χ4n) is 3.27. The minimum Gasteiger partial charge on any atom is -0.480 e. The van der Waals surface area contributed by atoms with Crippen LogP contribution in [0.5, 0.6) is 0 Å². The number of amides is 1. The zero-order chi connectivity index (χ0) is 19.7. The summed E-state index contributed by atoms with van der Waals surface area (Å²) in [5.41, 5.74) is 1.00. The van der Waals surface area contributed by atoms with Crippen LogP contribution in [-0.4, -0.2) is 26.5 Å². The third kappa shape index (κ3) is 3.10. The van der Waals surface area contributed by atoms with Crippen LogP contribution in [0.4, 0.5) is 0 Å². The maximum atomic E-state index is 13.0. The first-order chi connectivity index (χ1) is 13.6. The summed E-state index contributed by atoms with van der Waals surface area (Å²) in [6.07, 6.45) is 1.96. The van der Waals surface area contributed by atoms with E-state index in [1.807, 2.05) is 54.6 Å². The number of rotatable bonds is 4. The summed E-state index contributed by atoms with van der Waals surface area (Å²) in [6, 6.07) is 16.0. The van der Waals surface area contributed by atoms with Gasteiger partial charge in [-0.25, -0.2) is 4.79 Å². The molecular formula is C21H17N3O3S. The van der Waals surface area contributed by atoms with Crippen LogP contribution >= 0.6 is 11.3 Å². The predicted octanol–water partition coefficient (Wildman–Crippen LogP) is 4.03. The largest absolute Gasteiger partial charge is 0.480 e. The highest BCUT2D eigenvalue weighted by atomic mass is 32.1. The zero-order valence-corrected chi connectivity index (χ0v) is 15.9. The van der Waals surface area contributed by atoms with Crippen molar-refractivity contribution >= 4 is 44.2 Å². The van der Waals surface area contributed by atoms with Crippen LogP contribution in [0.2, 0.25) is 0 Å². The lowest BCUT2D eigenvalue weighted by molar-refractivity contribution is -0.140. The lowest BCUT2D eigenvalue weighted by atomic mass is 10.1. The van der Waals surface area contributed by atoms with Gasteiger partial charge >= 0.3 is 5.97 Å². The lowest BCUT2D eigenvalue weighted by Crippen LogP contribution is -2.27. The van der Waals surface area contributed by atoms with Crippen molar-refractivity contribution in [3.8, 4) is 0 Å². The van der Waals surface area contributed by atoms with Crippen molar-refractivity contribution in [2.45, 2.75) is 19.4 Å². The van der Waals surface area contributed by atoms with Crippen molar-refractivity contribution in [3.05, 3.63) is 71.3 Å². The number of pyridine rings is 1. The number of para-hydroxylation sites is 1. The molecule has 0 radical (unpaired) electrons. The number of carboxylic acids is 1. The van der Waals surface area contributed by atoms with Gasteiger partial charge in [0.25, 0.3) is 5.91 Å². The number of nitrogens with zero attached hydrogens (tertiary/aromatic N) is 3. The number of fused-ring (bicyclic) bond motifs is 2. The number of hydrogen-bond donors (Lipinski definition) is 1. The molecule has 2 aromatic carbocycles. The molecule has 4 rings (SSSR count). The monoisotopic (exact) mass is 391 g/mol. The molecule has 28 heavy (non-hydrogen) atoms. The summed E-state index contributed by atoms with van der Waals surface area (Å²) >= 11 is 1.30. The number of carbonyl (C=O) groups is 2. The molecule has 0 aliphatic rings. The fraction of sp³-hybridized carbons (Fsp3) is 0.143. The second-order valence-electron chi connectivity index (χ2n) is 6.28. The lowest BCUT2D eigenvalue weighted by Gasteiger charge is -2.13. The second kappa shape index (κ2) is 7.36. The van der Waals surface area contributed by atoms with E-state index in [0.29, 0.717) is 11.2 Å². The highest BCUT2D eigenvalue weighted by Crippen LogP contribution is 2.23. The second-order valence-corrected chi connectivity index (χ2v) is 7.29. The first-order valence-electron chi connectivity index (χ1n) is 8.86. The molecule has 1 atom stereocenters. The van der Waals surface area contributed by atoms with E-state index in [1.54, 1.807) is 17.7 Å². The average Bonchev–Trinajstić information content (AvgIpc) is 3.05. The Balaban J connectivity index is 1.94. The van der Waals surface area contributed by atoms with Crippen LogP contribution < -0.4 is 4.80 Å². The number of carbonyl (C=O) groups excluding carboxylic acids is 1. The predicted molar refractivity (Wildman–Crippen MR) is 108 cm³/mol. The summed E-state index contributed by atoms with van der Waals surface area (Å²) in [5, 5.41) is 11.3. The number of thiazole rings is 1. The van der Waals surface area contributed by atoms with Crippen molar-refractivity contribution in [1.82, 2.24) is 9.55 Å². The fourth-order valence-corrected chi connectivity index (χ4v) is 4.34. The Morgan fingerprint density at radius 1 is 1.14 bits per heavy atom. The third-order valence-corrected chi connectivity index (χ3v) is 5.62. The molecule has 140 valence electrons. The Morgan fingerprint density at radius 2 is 1.89 bits per heavy atom.